The molecule has 1 amide bonds. The molecule has 1 atom stereocenters. The monoisotopic (exact) mass is 464 g/mol. The topological polar surface area (TPSA) is 43.3 Å². The van der Waals surface area contributed by atoms with E-state index in [1.807, 2.05) is 48.7 Å². The average Bonchev–Trinajstić information content (AvgIpc) is 3.22. The van der Waals surface area contributed by atoms with Gasteiger partial charge in [-0.3, -0.25) is 4.79 Å². The Bertz CT molecular complexity index is 1410. The summed E-state index contributed by atoms with van der Waals surface area (Å²) in [5.41, 5.74) is 2.10. The number of hydrogen-bond acceptors (Lipinski definition) is 2. The van der Waals surface area contributed by atoms with E-state index in [9.17, 15) is 18.0 Å². The van der Waals surface area contributed by atoms with Crippen LogP contribution >= 0.6 is 0 Å². The maximum Gasteiger partial charge on any atom is 0.268 e. The Kier molecular flexibility index (Phi) is 5.55. The van der Waals surface area contributed by atoms with Crippen LogP contribution in [0.4, 0.5) is 13.2 Å². The standard InChI is InChI=1S/C27H23F3N2O2/c1-15(2)32-23-8-5-7-17(20-12-16(28)13-21(29)26(20)30)19(23)14-24(32)27(33)31-22-10-11-34-25-9-4-3-6-18(22)25/h3-9,12-15,22H,10-11H2,1-2H3,(H,31,33)/t22-/m0/s1. The van der Waals surface area contributed by atoms with Gasteiger partial charge in [0.05, 0.1) is 12.6 Å². The first-order valence-electron chi connectivity index (χ1n) is 11.2. The lowest BCUT2D eigenvalue weighted by atomic mass is 10.00. The van der Waals surface area contributed by atoms with Crippen LogP contribution < -0.4 is 10.1 Å². The van der Waals surface area contributed by atoms with Crippen LogP contribution in [0.3, 0.4) is 0 Å². The van der Waals surface area contributed by atoms with Crippen LogP contribution in [0.2, 0.25) is 0 Å². The van der Waals surface area contributed by atoms with Gasteiger partial charge in [0.25, 0.3) is 5.91 Å². The lowest BCUT2D eigenvalue weighted by Gasteiger charge is -2.27. The molecule has 7 heteroatoms. The van der Waals surface area contributed by atoms with E-state index in [0.717, 1.165) is 17.4 Å². The number of aromatic nitrogens is 1. The van der Waals surface area contributed by atoms with Gasteiger partial charge in [0.2, 0.25) is 0 Å². The van der Waals surface area contributed by atoms with Crippen molar-refractivity contribution in [3.63, 3.8) is 0 Å². The maximum absolute atomic E-state index is 14.6. The van der Waals surface area contributed by atoms with Gasteiger partial charge in [0, 0.05) is 40.6 Å². The van der Waals surface area contributed by atoms with Crippen LogP contribution in [0, 0.1) is 17.5 Å². The van der Waals surface area contributed by atoms with Crippen molar-refractivity contribution in [1.29, 1.82) is 0 Å². The minimum Gasteiger partial charge on any atom is -0.493 e. The van der Waals surface area contributed by atoms with Gasteiger partial charge in [-0.25, -0.2) is 13.2 Å². The number of rotatable bonds is 4. The fourth-order valence-corrected chi connectivity index (χ4v) is 4.69. The summed E-state index contributed by atoms with van der Waals surface area (Å²) in [5.74, 6) is -2.80. The number of nitrogens with one attached hydrogen (secondary N) is 1. The molecule has 0 bridgehead atoms. The highest BCUT2D eigenvalue weighted by Gasteiger charge is 2.26. The number of ether oxygens (including phenoxy) is 1. The van der Waals surface area contributed by atoms with Gasteiger partial charge >= 0.3 is 0 Å². The number of benzene rings is 3. The molecule has 4 nitrogen and oxygen atoms in total. The summed E-state index contributed by atoms with van der Waals surface area (Å²) < 4.78 is 50.1. The van der Waals surface area contributed by atoms with Crippen LogP contribution in [0.25, 0.3) is 22.0 Å². The molecule has 1 aliphatic rings. The summed E-state index contributed by atoms with van der Waals surface area (Å²) in [6.07, 6.45) is 0.629. The minimum atomic E-state index is -1.26. The Hall–Kier alpha value is -3.74. The normalized spacial score (nSPS) is 15.3. The fourth-order valence-electron chi connectivity index (χ4n) is 4.69. The first-order valence-corrected chi connectivity index (χ1v) is 11.2. The number of hydrogen-bond donors (Lipinski definition) is 1. The minimum absolute atomic E-state index is 0.0930. The molecule has 0 radical (unpaired) electrons. The SMILES string of the molecule is CC(C)n1c(C(=O)N[C@H]2CCOc3ccccc32)cc2c(-c3cc(F)cc(F)c3F)cccc21. The molecule has 0 fully saturated rings. The van der Waals surface area contributed by atoms with Crippen molar-refractivity contribution in [2.24, 2.45) is 0 Å². The Morgan fingerprint density at radius 2 is 1.82 bits per heavy atom. The van der Waals surface area contributed by atoms with Gasteiger partial charge in [-0.1, -0.05) is 30.3 Å². The van der Waals surface area contributed by atoms with Crippen molar-refractivity contribution in [2.45, 2.75) is 32.4 Å². The molecule has 0 saturated heterocycles. The van der Waals surface area contributed by atoms with Gasteiger partial charge in [0.15, 0.2) is 11.6 Å². The van der Waals surface area contributed by atoms with E-state index < -0.39 is 17.5 Å². The molecule has 5 rings (SSSR count). The molecule has 4 aromatic rings. The molecule has 1 N–H and O–H groups in total. The third-order valence-corrected chi connectivity index (χ3v) is 6.18. The zero-order chi connectivity index (χ0) is 24.0. The Labute approximate surface area is 195 Å². The Morgan fingerprint density at radius 3 is 2.62 bits per heavy atom. The average molecular weight is 464 g/mol. The fraction of sp³-hybridized carbons (Fsp3) is 0.222. The second-order valence-corrected chi connectivity index (χ2v) is 8.68. The lowest BCUT2D eigenvalue weighted by Crippen LogP contribution is -2.33. The zero-order valence-electron chi connectivity index (χ0n) is 18.7. The predicted octanol–water partition coefficient (Wildman–Crippen LogP) is 6.56. The van der Waals surface area contributed by atoms with Crippen LogP contribution in [0.1, 0.15) is 48.4 Å². The Morgan fingerprint density at radius 1 is 1.03 bits per heavy atom. The summed E-state index contributed by atoms with van der Waals surface area (Å²) >= 11 is 0. The number of fused-ring (bicyclic) bond motifs is 2. The van der Waals surface area contributed by atoms with E-state index in [-0.39, 0.29) is 23.6 Å². The molecular formula is C27H23F3N2O2. The number of halogens is 3. The number of nitrogens with zero attached hydrogens (tertiary/aromatic N) is 1. The third kappa shape index (κ3) is 3.71. The van der Waals surface area contributed by atoms with Gasteiger partial charge in [-0.2, -0.15) is 0 Å². The molecule has 0 saturated carbocycles. The number of carbonyl (C=O) groups excluding carboxylic acids is 1. The number of para-hydroxylation sites is 1. The molecular weight excluding hydrogens is 441 g/mol. The quantitative estimate of drug-likeness (QED) is 0.348. The molecule has 0 spiro atoms. The van der Waals surface area contributed by atoms with Crippen LogP contribution in [0.5, 0.6) is 5.75 Å². The summed E-state index contributed by atoms with van der Waals surface area (Å²) in [6, 6.07) is 15.5. The van der Waals surface area contributed by atoms with Crippen molar-refractivity contribution in [1.82, 2.24) is 9.88 Å². The third-order valence-electron chi connectivity index (χ3n) is 6.18. The van der Waals surface area contributed by atoms with Gasteiger partial charge in [0.1, 0.15) is 17.3 Å². The van der Waals surface area contributed by atoms with Crippen molar-refractivity contribution in [3.8, 4) is 16.9 Å². The molecule has 2 heterocycles. The maximum atomic E-state index is 14.6. The summed E-state index contributed by atoms with van der Waals surface area (Å²) in [4.78, 5) is 13.5. The Balaban J connectivity index is 1.61. The van der Waals surface area contributed by atoms with E-state index in [1.165, 1.54) is 0 Å². The highest BCUT2D eigenvalue weighted by molar-refractivity contribution is 6.04. The summed E-state index contributed by atoms with van der Waals surface area (Å²) in [7, 11) is 0. The largest absolute Gasteiger partial charge is 0.493 e. The lowest BCUT2D eigenvalue weighted by molar-refractivity contribution is 0.0914. The van der Waals surface area contributed by atoms with Gasteiger partial charge in [-0.05, 0) is 43.7 Å². The van der Waals surface area contributed by atoms with Crippen molar-refractivity contribution >= 4 is 16.8 Å². The van der Waals surface area contributed by atoms with E-state index >= 15 is 0 Å². The summed E-state index contributed by atoms with van der Waals surface area (Å²) in [5, 5.41) is 3.64. The van der Waals surface area contributed by atoms with Crippen LogP contribution in [-0.2, 0) is 0 Å². The molecule has 34 heavy (non-hydrogen) atoms. The van der Waals surface area contributed by atoms with E-state index in [4.69, 9.17) is 4.74 Å². The van der Waals surface area contributed by atoms with E-state index in [1.54, 1.807) is 18.2 Å². The van der Waals surface area contributed by atoms with Crippen LogP contribution in [-0.4, -0.2) is 17.1 Å². The highest BCUT2D eigenvalue weighted by atomic mass is 19.2. The molecule has 3 aromatic carbocycles. The van der Waals surface area contributed by atoms with Crippen molar-refractivity contribution < 1.29 is 22.7 Å². The first kappa shape index (κ1) is 22.1. The number of amides is 1. The van der Waals surface area contributed by atoms with Gasteiger partial charge < -0.3 is 14.6 Å². The predicted molar refractivity (Wildman–Crippen MR) is 124 cm³/mol. The van der Waals surface area contributed by atoms with Crippen molar-refractivity contribution in [2.75, 3.05) is 6.61 Å². The second kappa shape index (κ2) is 8.56. The molecule has 1 aliphatic heterocycles. The smallest absolute Gasteiger partial charge is 0.268 e. The number of carbonyl (C=O) groups is 1. The molecule has 0 unspecified atom stereocenters. The van der Waals surface area contributed by atoms with E-state index in [2.05, 4.69) is 5.32 Å². The molecule has 174 valence electrons. The molecule has 0 aliphatic carbocycles. The van der Waals surface area contributed by atoms with E-state index in [0.29, 0.717) is 41.3 Å². The molecule has 1 aromatic heterocycles. The first-order chi connectivity index (χ1) is 16.3. The van der Waals surface area contributed by atoms with Crippen LogP contribution in [0.15, 0.2) is 60.7 Å². The van der Waals surface area contributed by atoms with Crippen molar-refractivity contribution in [3.05, 3.63) is 89.4 Å². The summed E-state index contributed by atoms with van der Waals surface area (Å²) in [6.45, 7) is 4.37. The second-order valence-electron chi connectivity index (χ2n) is 8.68. The zero-order valence-corrected chi connectivity index (χ0v) is 18.7. The van der Waals surface area contributed by atoms with Gasteiger partial charge in [-0.15, -0.1) is 0 Å². The highest BCUT2D eigenvalue weighted by Crippen LogP contribution is 2.36.